The summed E-state index contributed by atoms with van der Waals surface area (Å²) in [6.45, 7) is 2.35. The van der Waals surface area contributed by atoms with E-state index in [9.17, 15) is 17.4 Å². The SMILES string of the molecule is O=S(=O)(F)Oc1ccc(CN(Cc2cccc(O)c2)CC2CC2)cc1. The van der Waals surface area contributed by atoms with Gasteiger partial charge in [0.25, 0.3) is 0 Å². The van der Waals surface area contributed by atoms with Crippen molar-refractivity contribution < 1.29 is 21.6 Å². The van der Waals surface area contributed by atoms with Gasteiger partial charge >= 0.3 is 10.5 Å². The minimum Gasteiger partial charge on any atom is -0.508 e. The average Bonchev–Trinajstić information content (AvgIpc) is 3.32. The fourth-order valence-corrected chi connectivity index (χ4v) is 3.13. The number of halogens is 1. The molecule has 0 heterocycles. The summed E-state index contributed by atoms with van der Waals surface area (Å²) in [7, 11) is -5.00. The third kappa shape index (κ3) is 6.03. The number of nitrogens with zero attached hydrogens (tertiary/aromatic N) is 1. The molecule has 2 aromatic rings. The first-order valence-corrected chi connectivity index (χ1v) is 9.41. The Balaban J connectivity index is 1.67. The van der Waals surface area contributed by atoms with E-state index < -0.39 is 10.5 Å². The zero-order valence-corrected chi connectivity index (χ0v) is 14.5. The summed E-state index contributed by atoms with van der Waals surface area (Å²) in [5.74, 6) is 0.905. The van der Waals surface area contributed by atoms with Gasteiger partial charge in [0, 0.05) is 19.6 Å². The molecule has 2 aromatic carbocycles. The van der Waals surface area contributed by atoms with Gasteiger partial charge in [0.05, 0.1) is 0 Å². The summed E-state index contributed by atoms with van der Waals surface area (Å²) < 4.78 is 37.8. The number of benzene rings is 2. The Labute approximate surface area is 147 Å². The molecular weight excluding hydrogens is 345 g/mol. The number of phenols is 1. The van der Waals surface area contributed by atoms with E-state index in [0.717, 1.165) is 17.7 Å². The average molecular weight is 365 g/mol. The fourth-order valence-electron chi connectivity index (χ4n) is 2.79. The van der Waals surface area contributed by atoms with Gasteiger partial charge in [-0.25, -0.2) is 0 Å². The molecule has 0 amide bonds. The zero-order valence-electron chi connectivity index (χ0n) is 13.6. The molecule has 0 aliphatic heterocycles. The highest BCUT2D eigenvalue weighted by Gasteiger charge is 2.24. The van der Waals surface area contributed by atoms with Crippen LogP contribution < -0.4 is 4.18 Å². The lowest BCUT2D eigenvalue weighted by Gasteiger charge is -2.22. The van der Waals surface area contributed by atoms with Crippen molar-refractivity contribution in [2.45, 2.75) is 25.9 Å². The van der Waals surface area contributed by atoms with Gasteiger partial charge < -0.3 is 9.29 Å². The highest BCUT2D eigenvalue weighted by atomic mass is 32.3. The van der Waals surface area contributed by atoms with Crippen molar-refractivity contribution in [2.24, 2.45) is 5.92 Å². The molecule has 0 aromatic heterocycles. The van der Waals surface area contributed by atoms with Crippen LogP contribution in [0.2, 0.25) is 0 Å². The van der Waals surface area contributed by atoms with Crippen molar-refractivity contribution >= 4 is 10.5 Å². The molecule has 0 spiro atoms. The van der Waals surface area contributed by atoms with Crippen molar-refractivity contribution in [3.8, 4) is 11.5 Å². The van der Waals surface area contributed by atoms with Crippen molar-refractivity contribution in [1.29, 1.82) is 0 Å². The largest absolute Gasteiger partial charge is 0.508 e. The van der Waals surface area contributed by atoms with Crippen molar-refractivity contribution in [3.05, 3.63) is 59.7 Å². The van der Waals surface area contributed by atoms with Gasteiger partial charge in [-0.1, -0.05) is 28.2 Å². The predicted octanol–water partition coefficient (Wildman–Crippen LogP) is 3.40. The Hall–Kier alpha value is -2.12. The van der Waals surface area contributed by atoms with Crippen LogP contribution in [0.25, 0.3) is 0 Å². The molecule has 134 valence electrons. The molecule has 5 nitrogen and oxygen atoms in total. The summed E-state index contributed by atoms with van der Waals surface area (Å²) >= 11 is 0. The smallest absolute Gasteiger partial charge is 0.488 e. The second kappa shape index (κ2) is 7.41. The standard InChI is InChI=1S/C18H20FNO4S/c19-25(22,23)24-18-8-6-15(7-9-18)12-20(11-14-4-5-14)13-16-2-1-3-17(21)10-16/h1-3,6-10,14,21H,4-5,11-13H2. The molecule has 0 radical (unpaired) electrons. The van der Waals surface area contributed by atoms with Gasteiger partial charge in [0.15, 0.2) is 0 Å². The van der Waals surface area contributed by atoms with Gasteiger partial charge in [0.1, 0.15) is 11.5 Å². The lowest BCUT2D eigenvalue weighted by molar-refractivity contribution is 0.245. The maximum atomic E-state index is 12.5. The third-order valence-electron chi connectivity index (χ3n) is 4.06. The zero-order chi connectivity index (χ0) is 17.9. The maximum Gasteiger partial charge on any atom is 0.488 e. The summed E-state index contributed by atoms with van der Waals surface area (Å²) in [5, 5.41) is 9.62. The van der Waals surface area contributed by atoms with E-state index in [-0.39, 0.29) is 11.5 Å². The Morgan fingerprint density at radius 3 is 2.36 bits per heavy atom. The second-order valence-corrected chi connectivity index (χ2v) is 7.36. The molecule has 1 fully saturated rings. The first-order valence-electron chi connectivity index (χ1n) is 8.11. The normalized spacial score (nSPS) is 14.6. The molecule has 1 aliphatic rings. The number of hydrogen-bond acceptors (Lipinski definition) is 5. The highest BCUT2D eigenvalue weighted by Crippen LogP contribution is 2.31. The van der Waals surface area contributed by atoms with Gasteiger partial charge in [-0.15, -0.1) is 0 Å². The molecule has 1 saturated carbocycles. The van der Waals surface area contributed by atoms with Crippen LogP contribution in [-0.4, -0.2) is 25.0 Å². The first kappa shape index (κ1) is 17.7. The Bertz CT molecular complexity index is 819. The van der Waals surface area contributed by atoms with Crippen LogP contribution in [0.5, 0.6) is 11.5 Å². The van der Waals surface area contributed by atoms with E-state index in [0.29, 0.717) is 19.0 Å². The van der Waals surface area contributed by atoms with Crippen molar-refractivity contribution in [3.63, 3.8) is 0 Å². The van der Waals surface area contributed by atoms with E-state index in [1.807, 2.05) is 12.1 Å². The second-order valence-electron chi connectivity index (χ2n) is 6.40. The Kier molecular flexibility index (Phi) is 5.24. The molecule has 0 saturated heterocycles. The topological polar surface area (TPSA) is 66.8 Å². The maximum absolute atomic E-state index is 12.5. The van der Waals surface area contributed by atoms with Crippen LogP contribution in [0, 0.1) is 5.92 Å². The molecule has 0 atom stereocenters. The number of aromatic hydroxyl groups is 1. The number of hydrogen-bond donors (Lipinski definition) is 1. The van der Waals surface area contributed by atoms with Gasteiger partial charge in [-0.05, 0) is 54.2 Å². The van der Waals surface area contributed by atoms with E-state index in [4.69, 9.17) is 0 Å². The van der Waals surface area contributed by atoms with E-state index in [2.05, 4.69) is 9.08 Å². The van der Waals surface area contributed by atoms with Crippen LogP contribution in [0.4, 0.5) is 3.89 Å². The molecule has 1 N–H and O–H groups in total. The minimum absolute atomic E-state index is 0.0482. The summed E-state index contributed by atoms with van der Waals surface area (Å²) in [4.78, 5) is 2.29. The highest BCUT2D eigenvalue weighted by molar-refractivity contribution is 7.81. The van der Waals surface area contributed by atoms with Crippen LogP contribution in [0.3, 0.4) is 0 Å². The summed E-state index contributed by atoms with van der Waals surface area (Å²) in [6.07, 6.45) is 2.47. The predicted molar refractivity (Wildman–Crippen MR) is 92.0 cm³/mol. The quantitative estimate of drug-likeness (QED) is 0.726. The van der Waals surface area contributed by atoms with Crippen molar-refractivity contribution in [2.75, 3.05) is 6.54 Å². The monoisotopic (exact) mass is 365 g/mol. The van der Waals surface area contributed by atoms with E-state index in [1.165, 1.54) is 25.0 Å². The molecule has 0 bridgehead atoms. The summed E-state index contributed by atoms with van der Waals surface area (Å²) in [6, 6.07) is 13.5. The lowest BCUT2D eigenvalue weighted by atomic mass is 10.1. The van der Waals surface area contributed by atoms with Crippen LogP contribution in [-0.2, 0) is 23.6 Å². The van der Waals surface area contributed by atoms with Crippen LogP contribution in [0.15, 0.2) is 48.5 Å². The molecular formula is C18H20FNO4S. The Morgan fingerprint density at radius 2 is 1.76 bits per heavy atom. The number of phenolic OH excluding ortho intramolecular Hbond substituents is 1. The van der Waals surface area contributed by atoms with Gasteiger partial charge in [0.2, 0.25) is 0 Å². The fraction of sp³-hybridized carbons (Fsp3) is 0.333. The Morgan fingerprint density at radius 1 is 1.08 bits per heavy atom. The van der Waals surface area contributed by atoms with Crippen LogP contribution >= 0.6 is 0 Å². The first-order chi connectivity index (χ1) is 11.9. The van der Waals surface area contributed by atoms with Gasteiger partial charge in [-0.2, -0.15) is 8.42 Å². The molecule has 1 aliphatic carbocycles. The van der Waals surface area contributed by atoms with Gasteiger partial charge in [-0.3, -0.25) is 4.90 Å². The van der Waals surface area contributed by atoms with E-state index in [1.54, 1.807) is 24.3 Å². The molecule has 3 rings (SSSR count). The molecule has 7 heteroatoms. The third-order valence-corrected chi connectivity index (χ3v) is 4.45. The number of rotatable bonds is 8. The van der Waals surface area contributed by atoms with Crippen LogP contribution in [0.1, 0.15) is 24.0 Å². The lowest BCUT2D eigenvalue weighted by Crippen LogP contribution is -2.25. The molecule has 25 heavy (non-hydrogen) atoms. The van der Waals surface area contributed by atoms with Crippen molar-refractivity contribution in [1.82, 2.24) is 4.90 Å². The minimum atomic E-state index is -5.00. The molecule has 0 unspecified atom stereocenters. The van der Waals surface area contributed by atoms with E-state index >= 15 is 0 Å². The summed E-state index contributed by atoms with van der Waals surface area (Å²) in [5.41, 5.74) is 2.01.